The van der Waals surface area contributed by atoms with E-state index in [0.717, 1.165) is 6.54 Å². The third-order valence-corrected chi connectivity index (χ3v) is 3.41. The molecular weight excluding hydrogens is 158 g/mol. The maximum absolute atomic E-state index is 5.68. The van der Waals surface area contributed by atoms with Gasteiger partial charge in [-0.25, -0.2) is 0 Å². The van der Waals surface area contributed by atoms with Crippen molar-refractivity contribution >= 4 is 0 Å². The number of benzene rings is 1. The Bertz CT molecular complexity index is 301. The molecule has 1 nitrogen and oxygen atoms in total. The molecular formula is C12H17N. The SMILES string of the molecule is Cc1ccc(C2(C)C[C@H]2CN)cc1. The summed E-state index contributed by atoms with van der Waals surface area (Å²) >= 11 is 0. The highest BCUT2D eigenvalue weighted by Gasteiger charge is 2.49. The van der Waals surface area contributed by atoms with Gasteiger partial charge in [-0.15, -0.1) is 0 Å². The third kappa shape index (κ3) is 1.37. The number of aryl methyl sites for hydroxylation is 1. The number of hydrogen-bond donors (Lipinski definition) is 1. The average molecular weight is 175 g/mol. The molecule has 1 aliphatic rings. The fourth-order valence-corrected chi connectivity index (χ4v) is 2.08. The minimum atomic E-state index is 0.377. The van der Waals surface area contributed by atoms with Gasteiger partial charge >= 0.3 is 0 Å². The Morgan fingerprint density at radius 2 is 2.00 bits per heavy atom. The molecule has 1 aliphatic carbocycles. The van der Waals surface area contributed by atoms with E-state index in [-0.39, 0.29) is 0 Å². The molecule has 0 radical (unpaired) electrons. The zero-order valence-corrected chi connectivity index (χ0v) is 8.38. The van der Waals surface area contributed by atoms with Gasteiger partial charge in [0, 0.05) is 0 Å². The fourth-order valence-electron chi connectivity index (χ4n) is 2.08. The van der Waals surface area contributed by atoms with Crippen LogP contribution in [0.25, 0.3) is 0 Å². The molecule has 0 aliphatic heterocycles. The fraction of sp³-hybridized carbons (Fsp3) is 0.500. The van der Waals surface area contributed by atoms with Crippen molar-refractivity contribution in [2.45, 2.75) is 25.7 Å². The summed E-state index contributed by atoms with van der Waals surface area (Å²) < 4.78 is 0. The minimum Gasteiger partial charge on any atom is -0.330 e. The van der Waals surface area contributed by atoms with Crippen molar-refractivity contribution < 1.29 is 0 Å². The van der Waals surface area contributed by atoms with Crippen molar-refractivity contribution in [1.29, 1.82) is 0 Å². The maximum Gasteiger partial charge on any atom is -0.00313 e. The summed E-state index contributed by atoms with van der Waals surface area (Å²) in [4.78, 5) is 0. The molecule has 70 valence electrons. The molecule has 1 unspecified atom stereocenters. The van der Waals surface area contributed by atoms with E-state index in [1.54, 1.807) is 0 Å². The molecule has 2 rings (SSSR count). The molecule has 0 bridgehead atoms. The van der Waals surface area contributed by atoms with Crippen LogP contribution in [0, 0.1) is 12.8 Å². The van der Waals surface area contributed by atoms with Gasteiger partial charge in [0.2, 0.25) is 0 Å². The van der Waals surface area contributed by atoms with E-state index < -0.39 is 0 Å². The summed E-state index contributed by atoms with van der Waals surface area (Å²) in [5.74, 6) is 0.704. The molecule has 1 heteroatoms. The monoisotopic (exact) mass is 175 g/mol. The lowest BCUT2D eigenvalue weighted by Crippen LogP contribution is -2.11. The molecule has 0 spiro atoms. The van der Waals surface area contributed by atoms with Crippen molar-refractivity contribution in [2.75, 3.05) is 6.54 Å². The molecule has 1 fully saturated rings. The van der Waals surface area contributed by atoms with Gasteiger partial charge in [-0.3, -0.25) is 0 Å². The van der Waals surface area contributed by atoms with Crippen LogP contribution in [-0.2, 0) is 5.41 Å². The lowest BCUT2D eigenvalue weighted by atomic mass is 9.95. The van der Waals surface area contributed by atoms with E-state index in [1.165, 1.54) is 17.5 Å². The standard InChI is InChI=1S/C12H17N/c1-9-3-5-10(6-4-9)12(2)7-11(12)8-13/h3-6,11H,7-8,13H2,1-2H3/t11-,12?/m0/s1. The molecule has 13 heavy (non-hydrogen) atoms. The summed E-state index contributed by atoms with van der Waals surface area (Å²) in [6, 6.07) is 8.86. The van der Waals surface area contributed by atoms with Gasteiger partial charge in [0.15, 0.2) is 0 Å². The molecule has 2 N–H and O–H groups in total. The second-order valence-electron chi connectivity index (χ2n) is 4.42. The number of nitrogens with two attached hydrogens (primary N) is 1. The van der Waals surface area contributed by atoms with Crippen LogP contribution in [0.3, 0.4) is 0 Å². The van der Waals surface area contributed by atoms with E-state index in [2.05, 4.69) is 38.1 Å². The molecule has 0 amide bonds. The molecule has 0 heterocycles. The molecule has 1 aromatic carbocycles. The first-order chi connectivity index (χ1) is 6.16. The highest BCUT2D eigenvalue weighted by atomic mass is 14.7. The van der Waals surface area contributed by atoms with Crippen LogP contribution < -0.4 is 5.73 Å². The van der Waals surface area contributed by atoms with Gasteiger partial charge in [-0.2, -0.15) is 0 Å². The Balaban J connectivity index is 2.23. The Morgan fingerprint density at radius 1 is 1.38 bits per heavy atom. The summed E-state index contributed by atoms with van der Waals surface area (Å²) in [7, 11) is 0. The molecule has 0 saturated heterocycles. The second-order valence-corrected chi connectivity index (χ2v) is 4.42. The van der Waals surface area contributed by atoms with E-state index >= 15 is 0 Å². The quantitative estimate of drug-likeness (QED) is 0.733. The molecule has 2 atom stereocenters. The summed E-state index contributed by atoms with van der Waals surface area (Å²) in [5, 5.41) is 0. The number of rotatable bonds is 2. The Labute approximate surface area is 80.0 Å². The Kier molecular flexibility index (Phi) is 1.92. The van der Waals surface area contributed by atoms with E-state index in [1.807, 2.05) is 0 Å². The highest BCUT2D eigenvalue weighted by Crippen LogP contribution is 2.53. The Hall–Kier alpha value is -0.820. The van der Waals surface area contributed by atoms with Gasteiger partial charge in [0.25, 0.3) is 0 Å². The predicted octanol–water partition coefficient (Wildman–Crippen LogP) is 2.23. The van der Waals surface area contributed by atoms with Gasteiger partial charge in [0.1, 0.15) is 0 Å². The lowest BCUT2D eigenvalue weighted by molar-refractivity contribution is 0.666. The zero-order chi connectivity index (χ0) is 9.47. The second kappa shape index (κ2) is 2.85. The zero-order valence-electron chi connectivity index (χ0n) is 8.38. The molecule has 1 saturated carbocycles. The molecule has 1 aromatic rings. The van der Waals surface area contributed by atoms with Crippen molar-refractivity contribution in [2.24, 2.45) is 11.7 Å². The summed E-state index contributed by atoms with van der Waals surface area (Å²) in [6.07, 6.45) is 1.26. The lowest BCUT2D eigenvalue weighted by Gasteiger charge is -2.11. The Morgan fingerprint density at radius 3 is 2.46 bits per heavy atom. The van der Waals surface area contributed by atoms with Gasteiger partial charge in [-0.05, 0) is 36.8 Å². The summed E-state index contributed by atoms with van der Waals surface area (Å²) in [5.41, 5.74) is 8.84. The third-order valence-electron chi connectivity index (χ3n) is 3.41. The van der Waals surface area contributed by atoms with E-state index in [4.69, 9.17) is 5.73 Å². The molecule has 0 aromatic heterocycles. The average Bonchev–Trinajstić information content (AvgIpc) is 2.80. The largest absolute Gasteiger partial charge is 0.330 e. The highest BCUT2D eigenvalue weighted by molar-refractivity contribution is 5.34. The number of hydrogen-bond acceptors (Lipinski definition) is 1. The van der Waals surface area contributed by atoms with Crippen LogP contribution in [0.1, 0.15) is 24.5 Å². The van der Waals surface area contributed by atoms with Crippen LogP contribution >= 0.6 is 0 Å². The maximum atomic E-state index is 5.68. The topological polar surface area (TPSA) is 26.0 Å². The van der Waals surface area contributed by atoms with E-state index in [9.17, 15) is 0 Å². The van der Waals surface area contributed by atoms with Gasteiger partial charge in [-0.1, -0.05) is 36.8 Å². The van der Waals surface area contributed by atoms with Crippen LogP contribution in [0.4, 0.5) is 0 Å². The first-order valence-electron chi connectivity index (χ1n) is 4.94. The normalized spacial score (nSPS) is 31.8. The van der Waals surface area contributed by atoms with Crippen LogP contribution in [-0.4, -0.2) is 6.54 Å². The summed E-state index contributed by atoms with van der Waals surface area (Å²) in [6.45, 7) is 5.26. The van der Waals surface area contributed by atoms with Crippen LogP contribution in [0.5, 0.6) is 0 Å². The van der Waals surface area contributed by atoms with E-state index in [0.29, 0.717) is 11.3 Å². The minimum absolute atomic E-state index is 0.377. The van der Waals surface area contributed by atoms with Gasteiger partial charge in [0.05, 0.1) is 0 Å². The smallest absolute Gasteiger partial charge is 0.00313 e. The van der Waals surface area contributed by atoms with Crippen molar-refractivity contribution in [3.05, 3.63) is 35.4 Å². The van der Waals surface area contributed by atoms with Crippen molar-refractivity contribution in [3.63, 3.8) is 0 Å². The van der Waals surface area contributed by atoms with Crippen molar-refractivity contribution in [3.8, 4) is 0 Å². The van der Waals surface area contributed by atoms with Crippen LogP contribution in [0.15, 0.2) is 24.3 Å². The predicted molar refractivity (Wildman–Crippen MR) is 55.7 cm³/mol. The van der Waals surface area contributed by atoms with Gasteiger partial charge < -0.3 is 5.73 Å². The first kappa shape index (κ1) is 8.76. The first-order valence-corrected chi connectivity index (χ1v) is 4.94. The van der Waals surface area contributed by atoms with Crippen molar-refractivity contribution in [1.82, 2.24) is 0 Å². The van der Waals surface area contributed by atoms with Crippen LogP contribution in [0.2, 0.25) is 0 Å².